The summed E-state index contributed by atoms with van der Waals surface area (Å²) in [5, 5.41) is 0. The first-order chi connectivity index (χ1) is 13.6. The Bertz CT molecular complexity index is 1030. The quantitative estimate of drug-likeness (QED) is 0.765. The molecule has 6 nitrogen and oxygen atoms in total. The number of carbonyl (C=O) groups is 1. The molecule has 0 unspecified atom stereocenters. The van der Waals surface area contributed by atoms with E-state index >= 15 is 0 Å². The van der Waals surface area contributed by atoms with Crippen LogP contribution in [-0.4, -0.2) is 63.8 Å². The number of rotatable bonds is 4. The Morgan fingerprint density at radius 2 is 1.66 bits per heavy atom. The number of nitrogens with zero attached hydrogens (tertiary/aromatic N) is 3. The van der Waals surface area contributed by atoms with Crippen LogP contribution in [0.25, 0.3) is 0 Å². The molecule has 1 saturated heterocycles. The van der Waals surface area contributed by atoms with E-state index in [-0.39, 0.29) is 37.6 Å². The number of piperazine rings is 1. The summed E-state index contributed by atoms with van der Waals surface area (Å²) in [5.41, 5.74) is 2.25. The maximum absolute atomic E-state index is 14.2. The Morgan fingerprint density at radius 3 is 2.24 bits per heavy atom. The van der Waals surface area contributed by atoms with Gasteiger partial charge in [-0.1, -0.05) is 12.1 Å². The average molecular weight is 420 g/mol. The highest BCUT2D eigenvalue weighted by molar-refractivity contribution is 7.89. The summed E-state index contributed by atoms with van der Waals surface area (Å²) in [4.78, 5) is 16.2. The number of halogens is 1. The van der Waals surface area contributed by atoms with Crippen LogP contribution >= 0.6 is 0 Å². The Labute approximate surface area is 171 Å². The van der Waals surface area contributed by atoms with Crippen LogP contribution in [0, 0.1) is 19.7 Å². The number of aryl methyl sites for hydroxylation is 2. The van der Waals surface area contributed by atoms with Gasteiger partial charge in [-0.3, -0.25) is 4.79 Å². The lowest BCUT2D eigenvalue weighted by molar-refractivity contribution is 0.0697. The van der Waals surface area contributed by atoms with Crippen LogP contribution in [-0.2, 0) is 10.0 Å². The second-order valence-corrected chi connectivity index (χ2v) is 9.43. The minimum absolute atomic E-state index is 0.208. The number of anilines is 1. The summed E-state index contributed by atoms with van der Waals surface area (Å²) in [6.07, 6.45) is 0. The van der Waals surface area contributed by atoms with Crippen molar-refractivity contribution in [1.82, 2.24) is 9.21 Å². The van der Waals surface area contributed by atoms with Crippen LogP contribution in [0.3, 0.4) is 0 Å². The summed E-state index contributed by atoms with van der Waals surface area (Å²) in [7, 11) is -0.158. The fourth-order valence-electron chi connectivity index (χ4n) is 3.44. The van der Waals surface area contributed by atoms with E-state index in [9.17, 15) is 17.6 Å². The molecule has 1 aliphatic rings. The third-order valence-corrected chi connectivity index (χ3v) is 7.20. The molecule has 2 aromatic rings. The largest absolute Gasteiger partial charge is 0.375 e. The molecule has 0 spiro atoms. The molecule has 0 aliphatic carbocycles. The Balaban J connectivity index is 1.72. The normalized spacial score (nSPS) is 15.4. The van der Waals surface area contributed by atoms with Crippen molar-refractivity contribution in [1.29, 1.82) is 0 Å². The van der Waals surface area contributed by atoms with Gasteiger partial charge in [0.25, 0.3) is 5.91 Å². The molecule has 29 heavy (non-hydrogen) atoms. The summed E-state index contributed by atoms with van der Waals surface area (Å²) in [6, 6.07) is 9.76. The van der Waals surface area contributed by atoms with Crippen molar-refractivity contribution in [3.63, 3.8) is 0 Å². The van der Waals surface area contributed by atoms with Gasteiger partial charge in [0.2, 0.25) is 10.0 Å². The van der Waals surface area contributed by atoms with E-state index < -0.39 is 15.8 Å². The second-order valence-electron chi connectivity index (χ2n) is 7.53. The molecule has 0 radical (unpaired) electrons. The van der Waals surface area contributed by atoms with E-state index in [2.05, 4.69) is 0 Å². The van der Waals surface area contributed by atoms with Gasteiger partial charge in [-0.2, -0.15) is 4.31 Å². The van der Waals surface area contributed by atoms with Crippen LogP contribution in [0.1, 0.15) is 21.5 Å². The molecule has 3 rings (SSSR count). The highest BCUT2D eigenvalue weighted by atomic mass is 32.2. The van der Waals surface area contributed by atoms with Gasteiger partial charge in [-0.25, -0.2) is 12.8 Å². The van der Waals surface area contributed by atoms with E-state index in [4.69, 9.17) is 0 Å². The SMILES string of the molecule is Cc1ccc(C)c(S(=O)(=O)N2CCN(C(=O)c3ccc(N(C)C)c(F)c3)CC2)c1. The molecule has 0 aromatic heterocycles. The standard InChI is InChI=1S/C21H26FN3O3S/c1-15-5-6-16(2)20(13-15)29(27,28)25-11-9-24(10-12-25)21(26)17-7-8-19(23(3)4)18(22)14-17/h5-8,13-14H,9-12H2,1-4H3. The summed E-state index contributed by atoms with van der Waals surface area (Å²) >= 11 is 0. The monoisotopic (exact) mass is 419 g/mol. The molecular weight excluding hydrogens is 393 g/mol. The van der Waals surface area contributed by atoms with Crippen LogP contribution in [0.5, 0.6) is 0 Å². The predicted octanol–water partition coefficient (Wildman–Crippen LogP) is 2.66. The van der Waals surface area contributed by atoms with Crippen molar-refractivity contribution in [2.75, 3.05) is 45.2 Å². The zero-order valence-electron chi connectivity index (χ0n) is 17.1. The molecule has 8 heteroatoms. The number of benzene rings is 2. The fraction of sp³-hybridized carbons (Fsp3) is 0.381. The van der Waals surface area contributed by atoms with Gasteiger partial charge in [0.1, 0.15) is 5.82 Å². The second kappa shape index (κ2) is 8.12. The van der Waals surface area contributed by atoms with Crippen molar-refractivity contribution >= 4 is 21.6 Å². The number of hydrogen-bond acceptors (Lipinski definition) is 4. The third kappa shape index (κ3) is 4.28. The van der Waals surface area contributed by atoms with Gasteiger partial charge in [0.05, 0.1) is 10.6 Å². The number of carbonyl (C=O) groups excluding carboxylic acids is 1. The lowest BCUT2D eigenvalue weighted by Crippen LogP contribution is -2.50. The predicted molar refractivity (Wildman–Crippen MR) is 111 cm³/mol. The minimum Gasteiger partial charge on any atom is -0.375 e. The first-order valence-electron chi connectivity index (χ1n) is 9.45. The third-order valence-electron chi connectivity index (χ3n) is 5.16. The van der Waals surface area contributed by atoms with Crippen molar-refractivity contribution < 1.29 is 17.6 Å². The molecule has 1 aliphatic heterocycles. The number of amides is 1. The molecule has 0 bridgehead atoms. The van der Waals surface area contributed by atoms with E-state index in [1.165, 1.54) is 10.4 Å². The first-order valence-corrected chi connectivity index (χ1v) is 10.9. The molecular formula is C21H26FN3O3S. The lowest BCUT2D eigenvalue weighted by Gasteiger charge is -2.34. The fourth-order valence-corrected chi connectivity index (χ4v) is 5.17. The molecule has 1 heterocycles. The molecule has 156 valence electrons. The Morgan fingerprint density at radius 1 is 1.00 bits per heavy atom. The van der Waals surface area contributed by atoms with Gasteiger partial charge in [-0.15, -0.1) is 0 Å². The molecule has 0 atom stereocenters. The topological polar surface area (TPSA) is 60.9 Å². The van der Waals surface area contributed by atoms with Crippen molar-refractivity contribution in [3.8, 4) is 0 Å². The molecule has 2 aromatic carbocycles. The number of sulfonamides is 1. The first kappa shape index (κ1) is 21.3. The molecule has 0 N–H and O–H groups in total. The summed E-state index contributed by atoms with van der Waals surface area (Å²) < 4.78 is 41.7. The van der Waals surface area contributed by atoms with E-state index in [0.717, 1.165) is 5.56 Å². The smallest absolute Gasteiger partial charge is 0.254 e. The lowest BCUT2D eigenvalue weighted by atomic mass is 10.1. The van der Waals surface area contributed by atoms with E-state index in [1.54, 1.807) is 55.1 Å². The number of hydrogen-bond donors (Lipinski definition) is 0. The highest BCUT2D eigenvalue weighted by Gasteiger charge is 2.31. The van der Waals surface area contributed by atoms with Gasteiger partial charge in [0, 0.05) is 45.8 Å². The molecule has 1 fully saturated rings. The Hall–Kier alpha value is -2.45. The van der Waals surface area contributed by atoms with E-state index in [1.807, 2.05) is 13.0 Å². The maximum Gasteiger partial charge on any atom is 0.254 e. The van der Waals surface area contributed by atoms with Gasteiger partial charge in [-0.05, 0) is 49.2 Å². The zero-order chi connectivity index (χ0) is 21.3. The zero-order valence-corrected chi connectivity index (χ0v) is 18.0. The van der Waals surface area contributed by atoms with Gasteiger partial charge < -0.3 is 9.80 Å². The molecule has 0 saturated carbocycles. The maximum atomic E-state index is 14.2. The van der Waals surface area contributed by atoms with Crippen LogP contribution in [0.15, 0.2) is 41.3 Å². The van der Waals surface area contributed by atoms with Crippen LogP contribution in [0.4, 0.5) is 10.1 Å². The van der Waals surface area contributed by atoms with Crippen molar-refractivity contribution in [3.05, 3.63) is 58.9 Å². The summed E-state index contributed by atoms with van der Waals surface area (Å²) in [5.74, 6) is -0.755. The van der Waals surface area contributed by atoms with Gasteiger partial charge in [0.15, 0.2) is 0 Å². The average Bonchev–Trinajstić information content (AvgIpc) is 2.69. The minimum atomic E-state index is -3.62. The van der Waals surface area contributed by atoms with Gasteiger partial charge >= 0.3 is 0 Å². The van der Waals surface area contributed by atoms with Crippen molar-refractivity contribution in [2.24, 2.45) is 0 Å². The Kier molecular flexibility index (Phi) is 5.95. The molecule has 1 amide bonds. The summed E-state index contributed by atoms with van der Waals surface area (Å²) in [6.45, 7) is 4.58. The van der Waals surface area contributed by atoms with E-state index in [0.29, 0.717) is 16.1 Å². The van der Waals surface area contributed by atoms with Crippen LogP contribution < -0.4 is 4.90 Å². The van der Waals surface area contributed by atoms with Crippen molar-refractivity contribution in [2.45, 2.75) is 18.7 Å². The van der Waals surface area contributed by atoms with Crippen LogP contribution in [0.2, 0.25) is 0 Å². The highest BCUT2D eigenvalue weighted by Crippen LogP contribution is 2.24.